The summed E-state index contributed by atoms with van der Waals surface area (Å²) in [6, 6.07) is 1.93. The first-order chi connectivity index (χ1) is 8.63. The molecule has 1 N–H and O–H groups in total. The lowest BCUT2D eigenvalue weighted by atomic mass is 9.91. The Morgan fingerprint density at radius 2 is 2.33 bits per heavy atom. The zero-order valence-electron chi connectivity index (χ0n) is 10.4. The molecule has 0 spiro atoms. The summed E-state index contributed by atoms with van der Waals surface area (Å²) in [6.45, 7) is 2.16. The first-order valence-electron chi connectivity index (χ1n) is 6.17. The minimum atomic E-state index is -0.133. The Kier molecular flexibility index (Phi) is 4.19. The molecule has 1 aromatic rings. The van der Waals surface area contributed by atoms with Gasteiger partial charge in [-0.3, -0.25) is 9.78 Å². The Labute approximate surface area is 112 Å². The topological polar surface area (TPSA) is 53.4 Å². The third-order valence-electron chi connectivity index (χ3n) is 3.34. The molecule has 18 heavy (non-hydrogen) atoms. The molecule has 5 heteroatoms. The molecule has 1 fully saturated rings. The summed E-state index contributed by atoms with van der Waals surface area (Å²) in [5, 5.41) is 9.50. The van der Waals surface area contributed by atoms with Gasteiger partial charge in [0.1, 0.15) is 0 Å². The number of aryl methyl sites for hydroxylation is 1. The number of halogens is 1. The van der Waals surface area contributed by atoms with Crippen LogP contribution in [0.4, 0.5) is 0 Å². The van der Waals surface area contributed by atoms with E-state index in [1.165, 1.54) is 6.20 Å². The van der Waals surface area contributed by atoms with E-state index in [2.05, 4.69) is 4.98 Å². The quantitative estimate of drug-likeness (QED) is 0.909. The minimum absolute atomic E-state index is 0.0286. The molecule has 2 rings (SSSR count). The summed E-state index contributed by atoms with van der Waals surface area (Å²) in [5.74, 6) is -0.133. The Hall–Kier alpha value is -1.13. The Bertz CT molecular complexity index is 447. The fourth-order valence-corrected chi connectivity index (χ4v) is 2.38. The molecule has 1 amide bonds. The number of aliphatic hydroxyl groups excluding tert-OH is 1. The Morgan fingerprint density at radius 1 is 1.61 bits per heavy atom. The average Bonchev–Trinajstić information content (AvgIpc) is 2.25. The van der Waals surface area contributed by atoms with Crippen LogP contribution in [-0.2, 0) is 0 Å². The van der Waals surface area contributed by atoms with Crippen molar-refractivity contribution in [3.63, 3.8) is 0 Å². The highest BCUT2D eigenvalue weighted by Crippen LogP contribution is 2.27. The SMILES string of the molecule is Cc1cc(Cl)c(C(=O)N(CCO)C2CCC2)cn1. The number of pyridine rings is 1. The molecule has 1 saturated carbocycles. The predicted octanol–water partition coefficient (Wildman–Crippen LogP) is 2.03. The van der Waals surface area contributed by atoms with E-state index >= 15 is 0 Å². The summed E-state index contributed by atoms with van der Waals surface area (Å²) in [4.78, 5) is 18.2. The maximum atomic E-state index is 12.4. The van der Waals surface area contributed by atoms with Crippen molar-refractivity contribution in [2.24, 2.45) is 0 Å². The van der Waals surface area contributed by atoms with Crippen LogP contribution in [0.2, 0.25) is 5.02 Å². The molecule has 0 saturated heterocycles. The summed E-state index contributed by atoms with van der Waals surface area (Å²) in [6.07, 6.45) is 4.66. The second kappa shape index (κ2) is 5.67. The van der Waals surface area contributed by atoms with E-state index in [9.17, 15) is 4.79 Å². The largest absolute Gasteiger partial charge is 0.395 e. The van der Waals surface area contributed by atoms with Crippen LogP contribution in [0.5, 0.6) is 0 Å². The van der Waals surface area contributed by atoms with Gasteiger partial charge in [0.25, 0.3) is 5.91 Å². The first kappa shape index (κ1) is 13.3. The van der Waals surface area contributed by atoms with E-state index in [1.807, 2.05) is 6.92 Å². The third kappa shape index (κ3) is 2.65. The molecule has 1 aliphatic rings. The fourth-order valence-electron chi connectivity index (χ4n) is 2.09. The van der Waals surface area contributed by atoms with Crippen molar-refractivity contribution in [1.82, 2.24) is 9.88 Å². The van der Waals surface area contributed by atoms with Crippen molar-refractivity contribution >= 4 is 17.5 Å². The molecule has 1 heterocycles. The van der Waals surface area contributed by atoms with Gasteiger partial charge in [-0.15, -0.1) is 0 Å². The van der Waals surface area contributed by atoms with Crippen LogP contribution in [0, 0.1) is 6.92 Å². The third-order valence-corrected chi connectivity index (χ3v) is 3.65. The van der Waals surface area contributed by atoms with E-state index in [0.29, 0.717) is 17.1 Å². The highest BCUT2D eigenvalue weighted by Gasteiger charge is 2.30. The van der Waals surface area contributed by atoms with Crippen molar-refractivity contribution in [3.05, 3.63) is 28.5 Å². The van der Waals surface area contributed by atoms with Gasteiger partial charge in [0.2, 0.25) is 0 Å². The van der Waals surface area contributed by atoms with Crippen LogP contribution in [0.15, 0.2) is 12.3 Å². The van der Waals surface area contributed by atoms with Crippen molar-refractivity contribution < 1.29 is 9.90 Å². The van der Waals surface area contributed by atoms with Gasteiger partial charge in [0, 0.05) is 24.5 Å². The lowest BCUT2D eigenvalue weighted by Crippen LogP contribution is -2.45. The molecule has 0 atom stereocenters. The van der Waals surface area contributed by atoms with E-state index in [-0.39, 0.29) is 18.6 Å². The molecule has 4 nitrogen and oxygen atoms in total. The highest BCUT2D eigenvalue weighted by atomic mass is 35.5. The number of carbonyl (C=O) groups excluding carboxylic acids is 1. The number of hydrogen-bond acceptors (Lipinski definition) is 3. The molecule has 98 valence electrons. The van der Waals surface area contributed by atoms with Gasteiger partial charge >= 0.3 is 0 Å². The number of rotatable bonds is 4. The number of aromatic nitrogens is 1. The number of aliphatic hydroxyl groups is 1. The monoisotopic (exact) mass is 268 g/mol. The summed E-state index contributed by atoms with van der Waals surface area (Å²) >= 11 is 6.08. The van der Waals surface area contributed by atoms with Gasteiger partial charge in [0.15, 0.2) is 0 Å². The molecule has 0 aliphatic heterocycles. The van der Waals surface area contributed by atoms with Gasteiger partial charge in [-0.2, -0.15) is 0 Å². The summed E-state index contributed by atoms with van der Waals surface area (Å²) < 4.78 is 0. The summed E-state index contributed by atoms with van der Waals surface area (Å²) in [7, 11) is 0. The van der Waals surface area contributed by atoms with Gasteiger partial charge in [0.05, 0.1) is 17.2 Å². The van der Waals surface area contributed by atoms with Gasteiger partial charge < -0.3 is 10.0 Å². The highest BCUT2D eigenvalue weighted by molar-refractivity contribution is 6.33. The molecule has 1 aliphatic carbocycles. The van der Waals surface area contributed by atoms with E-state index in [4.69, 9.17) is 16.7 Å². The zero-order chi connectivity index (χ0) is 13.1. The van der Waals surface area contributed by atoms with Crippen molar-refractivity contribution in [2.45, 2.75) is 32.2 Å². The van der Waals surface area contributed by atoms with Crippen LogP contribution in [-0.4, -0.2) is 40.1 Å². The molecule has 0 unspecified atom stereocenters. The minimum Gasteiger partial charge on any atom is -0.395 e. The van der Waals surface area contributed by atoms with Crippen LogP contribution >= 0.6 is 11.6 Å². The molecule has 0 radical (unpaired) electrons. The van der Waals surface area contributed by atoms with Crippen LogP contribution in [0.25, 0.3) is 0 Å². The second-order valence-corrected chi connectivity index (χ2v) is 5.02. The van der Waals surface area contributed by atoms with Gasteiger partial charge in [-0.05, 0) is 32.3 Å². The van der Waals surface area contributed by atoms with E-state index in [1.54, 1.807) is 11.0 Å². The van der Waals surface area contributed by atoms with Crippen molar-refractivity contribution in [1.29, 1.82) is 0 Å². The number of carbonyl (C=O) groups is 1. The van der Waals surface area contributed by atoms with E-state index in [0.717, 1.165) is 25.0 Å². The predicted molar refractivity (Wildman–Crippen MR) is 69.7 cm³/mol. The number of amides is 1. The maximum absolute atomic E-state index is 12.4. The zero-order valence-corrected chi connectivity index (χ0v) is 11.2. The first-order valence-corrected chi connectivity index (χ1v) is 6.55. The molecule has 0 bridgehead atoms. The molecular formula is C13H17ClN2O2. The Balaban J connectivity index is 2.21. The normalized spacial score (nSPS) is 15.3. The Morgan fingerprint density at radius 3 is 2.83 bits per heavy atom. The number of hydrogen-bond donors (Lipinski definition) is 1. The molecule has 1 aromatic heterocycles. The fraction of sp³-hybridized carbons (Fsp3) is 0.538. The number of nitrogens with zero attached hydrogens (tertiary/aromatic N) is 2. The summed E-state index contributed by atoms with van der Waals surface area (Å²) in [5.41, 5.74) is 1.21. The van der Waals surface area contributed by atoms with Crippen LogP contribution in [0.3, 0.4) is 0 Å². The second-order valence-electron chi connectivity index (χ2n) is 4.61. The lowest BCUT2D eigenvalue weighted by molar-refractivity contribution is 0.0525. The lowest BCUT2D eigenvalue weighted by Gasteiger charge is -2.37. The van der Waals surface area contributed by atoms with Gasteiger partial charge in [-0.25, -0.2) is 0 Å². The molecule has 0 aromatic carbocycles. The maximum Gasteiger partial charge on any atom is 0.257 e. The van der Waals surface area contributed by atoms with Crippen LogP contribution < -0.4 is 0 Å². The molecular weight excluding hydrogens is 252 g/mol. The van der Waals surface area contributed by atoms with E-state index < -0.39 is 0 Å². The smallest absolute Gasteiger partial charge is 0.257 e. The standard InChI is InChI=1S/C13H17ClN2O2/c1-9-7-12(14)11(8-15-9)13(18)16(5-6-17)10-3-2-4-10/h7-8,10,17H,2-6H2,1H3. The average molecular weight is 269 g/mol. The van der Waals surface area contributed by atoms with Gasteiger partial charge in [-0.1, -0.05) is 11.6 Å². The van der Waals surface area contributed by atoms with Crippen molar-refractivity contribution in [2.75, 3.05) is 13.2 Å². The van der Waals surface area contributed by atoms with Crippen LogP contribution in [0.1, 0.15) is 35.3 Å². The van der Waals surface area contributed by atoms with Crippen molar-refractivity contribution in [3.8, 4) is 0 Å².